The summed E-state index contributed by atoms with van der Waals surface area (Å²) in [5.41, 5.74) is 1.83. The lowest BCUT2D eigenvalue weighted by Crippen LogP contribution is -2.43. The SMILES string of the molecule is N#Cc1c(NC(=O)CN(CCO)C2CCCCC2)sc2c1CCCCC2. The molecule has 6 heteroatoms. The van der Waals surface area contributed by atoms with E-state index in [9.17, 15) is 15.2 Å². The van der Waals surface area contributed by atoms with Crippen LogP contribution in [-0.4, -0.2) is 41.7 Å². The van der Waals surface area contributed by atoms with Gasteiger partial charge in [-0.1, -0.05) is 25.7 Å². The number of thiophene rings is 1. The number of nitriles is 1. The smallest absolute Gasteiger partial charge is 0.239 e. The normalized spacial score (nSPS) is 18.2. The fourth-order valence-electron chi connectivity index (χ4n) is 4.26. The molecular formula is C20H29N3O2S. The predicted molar refractivity (Wildman–Crippen MR) is 104 cm³/mol. The van der Waals surface area contributed by atoms with Crippen molar-refractivity contribution in [1.29, 1.82) is 5.26 Å². The molecule has 0 unspecified atom stereocenters. The van der Waals surface area contributed by atoms with E-state index in [0.29, 0.717) is 24.7 Å². The highest BCUT2D eigenvalue weighted by Gasteiger charge is 2.25. The Balaban J connectivity index is 1.68. The van der Waals surface area contributed by atoms with Crippen molar-refractivity contribution in [2.75, 3.05) is 25.0 Å². The van der Waals surface area contributed by atoms with Gasteiger partial charge >= 0.3 is 0 Å². The molecule has 0 atom stereocenters. The summed E-state index contributed by atoms with van der Waals surface area (Å²) in [5.74, 6) is -0.0723. The second-order valence-electron chi connectivity index (χ2n) is 7.41. The number of amides is 1. The average Bonchev–Trinajstić information content (AvgIpc) is 2.81. The van der Waals surface area contributed by atoms with Gasteiger partial charge in [-0.25, -0.2) is 0 Å². The topological polar surface area (TPSA) is 76.4 Å². The lowest BCUT2D eigenvalue weighted by molar-refractivity contribution is -0.118. The number of aliphatic hydroxyl groups is 1. The number of aliphatic hydroxyl groups excluding tert-OH is 1. The summed E-state index contributed by atoms with van der Waals surface area (Å²) >= 11 is 1.58. The van der Waals surface area contributed by atoms with E-state index < -0.39 is 0 Å². The molecule has 0 spiro atoms. The molecule has 1 fully saturated rings. The molecule has 1 heterocycles. The van der Waals surface area contributed by atoms with Crippen LogP contribution in [0.15, 0.2) is 0 Å². The molecule has 26 heavy (non-hydrogen) atoms. The lowest BCUT2D eigenvalue weighted by atomic mass is 9.94. The summed E-state index contributed by atoms with van der Waals surface area (Å²) < 4.78 is 0. The van der Waals surface area contributed by atoms with Crippen molar-refractivity contribution in [2.24, 2.45) is 0 Å². The highest BCUT2D eigenvalue weighted by atomic mass is 32.1. The number of anilines is 1. The summed E-state index contributed by atoms with van der Waals surface area (Å²) in [6.07, 6.45) is 11.3. The van der Waals surface area contributed by atoms with Crippen molar-refractivity contribution in [3.8, 4) is 6.07 Å². The number of fused-ring (bicyclic) bond motifs is 1. The Morgan fingerprint density at radius 3 is 2.65 bits per heavy atom. The van der Waals surface area contributed by atoms with Crippen molar-refractivity contribution >= 4 is 22.2 Å². The molecule has 5 nitrogen and oxygen atoms in total. The third-order valence-electron chi connectivity index (χ3n) is 5.61. The number of carbonyl (C=O) groups excluding carboxylic acids is 1. The van der Waals surface area contributed by atoms with E-state index in [1.165, 1.54) is 30.6 Å². The predicted octanol–water partition coefficient (Wildman–Crippen LogP) is 3.45. The zero-order valence-electron chi connectivity index (χ0n) is 15.4. The van der Waals surface area contributed by atoms with E-state index in [-0.39, 0.29) is 12.5 Å². The molecule has 142 valence electrons. The maximum Gasteiger partial charge on any atom is 0.239 e. The standard InChI is InChI=1S/C20H29N3O2S/c21-13-17-16-9-5-2-6-10-18(16)26-20(17)22-19(25)14-23(11-12-24)15-7-3-1-4-8-15/h15,24H,1-12,14H2,(H,22,25). The maximum absolute atomic E-state index is 12.7. The molecule has 1 aromatic heterocycles. The van der Waals surface area contributed by atoms with Crippen LogP contribution < -0.4 is 5.32 Å². The minimum atomic E-state index is -0.0723. The molecule has 1 saturated carbocycles. The first kappa shape index (κ1) is 19.3. The van der Waals surface area contributed by atoms with E-state index in [0.717, 1.165) is 49.1 Å². The Labute approximate surface area is 160 Å². The number of hydrogen-bond donors (Lipinski definition) is 2. The summed E-state index contributed by atoms with van der Waals surface area (Å²) in [5, 5.41) is 22.7. The molecule has 0 saturated heterocycles. The van der Waals surface area contributed by atoms with Crippen LogP contribution in [-0.2, 0) is 17.6 Å². The van der Waals surface area contributed by atoms with Crippen LogP contribution in [0.5, 0.6) is 0 Å². The molecule has 0 bridgehead atoms. The number of rotatable bonds is 6. The van der Waals surface area contributed by atoms with Gasteiger partial charge in [0, 0.05) is 17.5 Å². The van der Waals surface area contributed by atoms with Crippen LogP contribution in [0.2, 0.25) is 0 Å². The molecule has 2 N–H and O–H groups in total. The van der Waals surface area contributed by atoms with Gasteiger partial charge in [0.05, 0.1) is 18.7 Å². The summed E-state index contributed by atoms with van der Waals surface area (Å²) in [4.78, 5) is 16.0. The Bertz CT molecular complexity index is 659. The van der Waals surface area contributed by atoms with Crippen LogP contribution in [0.3, 0.4) is 0 Å². The Morgan fingerprint density at radius 1 is 1.19 bits per heavy atom. The summed E-state index contributed by atoms with van der Waals surface area (Å²) in [7, 11) is 0. The van der Waals surface area contributed by atoms with Gasteiger partial charge in [-0.05, 0) is 44.1 Å². The van der Waals surface area contributed by atoms with Gasteiger partial charge < -0.3 is 10.4 Å². The molecule has 0 aromatic carbocycles. The van der Waals surface area contributed by atoms with Crippen LogP contribution >= 0.6 is 11.3 Å². The molecule has 3 rings (SSSR count). The number of aryl methyl sites for hydroxylation is 1. The first-order valence-corrected chi connectivity index (χ1v) is 10.7. The number of carbonyl (C=O) groups is 1. The van der Waals surface area contributed by atoms with E-state index >= 15 is 0 Å². The van der Waals surface area contributed by atoms with E-state index in [1.807, 2.05) is 0 Å². The zero-order chi connectivity index (χ0) is 18.4. The van der Waals surface area contributed by atoms with E-state index in [4.69, 9.17) is 0 Å². The van der Waals surface area contributed by atoms with Crippen molar-refractivity contribution in [3.63, 3.8) is 0 Å². The van der Waals surface area contributed by atoms with Crippen molar-refractivity contribution in [3.05, 3.63) is 16.0 Å². The molecule has 0 aliphatic heterocycles. The molecule has 0 radical (unpaired) electrons. The van der Waals surface area contributed by atoms with Crippen molar-refractivity contribution < 1.29 is 9.90 Å². The average molecular weight is 376 g/mol. The lowest BCUT2D eigenvalue weighted by Gasteiger charge is -2.33. The maximum atomic E-state index is 12.7. The Kier molecular flexibility index (Phi) is 7.07. The van der Waals surface area contributed by atoms with Gasteiger partial charge in [0.1, 0.15) is 11.1 Å². The monoisotopic (exact) mass is 375 g/mol. The van der Waals surface area contributed by atoms with Gasteiger partial charge in [-0.15, -0.1) is 11.3 Å². The summed E-state index contributed by atoms with van der Waals surface area (Å²) in [6.45, 7) is 0.892. The summed E-state index contributed by atoms with van der Waals surface area (Å²) in [6, 6.07) is 2.71. The Hall–Kier alpha value is -1.42. The third-order valence-corrected chi connectivity index (χ3v) is 6.82. The van der Waals surface area contributed by atoms with E-state index in [2.05, 4.69) is 16.3 Å². The number of nitrogens with zero attached hydrogens (tertiary/aromatic N) is 2. The molecular weight excluding hydrogens is 346 g/mol. The van der Waals surface area contributed by atoms with Crippen molar-refractivity contribution in [2.45, 2.75) is 70.3 Å². The van der Waals surface area contributed by atoms with Gasteiger partial charge in [0.15, 0.2) is 0 Å². The van der Waals surface area contributed by atoms with Crippen LogP contribution in [0.1, 0.15) is 67.4 Å². The molecule has 1 amide bonds. The molecule has 1 aromatic rings. The van der Waals surface area contributed by atoms with Gasteiger partial charge in [-0.2, -0.15) is 5.26 Å². The fraction of sp³-hybridized carbons (Fsp3) is 0.700. The van der Waals surface area contributed by atoms with Crippen molar-refractivity contribution in [1.82, 2.24) is 4.90 Å². The van der Waals surface area contributed by atoms with Crippen LogP contribution in [0, 0.1) is 11.3 Å². The first-order valence-electron chi connectivity index (χ1n) is 9.92. The van der Waals surface area contributed by atoms with Gasteiger partial charge in [-0.3, -0.25) is 9.69 Å². The van der Waals surface area contributed by atoms with Gasteiger partial charge in [0.2, 0.25) is 5.91 Å². The zero-order valence-corrected chi connectivity index (χ0v) is 16.2. The Morgan fingerprint density at radius 2 is 1.92 bits per heavy atom. The highest BCUT2D eigenvalue weighted by molar-refractivity contribution is 7.16. The molecule has 2 aliphatic carbocycles. The quantitative estimate of drug-likeness (QED) is 0.747. The highest BCUT2D eigenvalue weighted by Crippen LogP contribution is 2.37. The van der Waals surface area contributed by atoms with Crippen LogP contribution in [0.4, 0.5) is 5.00 Å². The second-order valence-corrected chi connectivity index (χ2v) is 8.52. The number of nitrogens with one attached hydrogen (secondary N) is 1. The second kappa shape index (κ2) is 9.50. The fourth-order valence-corrected chi connectivity index (χ4v) is 5.52. The first-order chi connectivity index (χ1) is 12.7. The minimum absolute atomic E-state index is 0.0700. The number of hydrogen-bond acceptors (Lipinski definition) is 5. The van der Waals surface area contributed by atoms with E-state index in [1.54, 1.807) is 11.3 Å². The molecule has 2 aliphatic rings. The third kappa shape index (κ3) is 4.64. The minimum Gasteiger partial charge on any atom is -0.395 e. The van der Waals surface area contributed by atoms with Gasteiger partial charge in [0.25, 0.3) is 0 Å². The largest absolute Gasteiger partial charge is 0.395 e. The van der Waals surface area contributed by atoms with Crippen LogP contribution in [0.25, 0.3) is 0 Å².